The predicted molar refractivity (Wildman–Crippen MR) is 73.2 cm³/mol. The average molecular weight is 265 g/mol. The number of rotatable bonds is 4. The summed E-state index contributed by atoms with van der Waals surface area (Å²) in [7, 11) is 0. The average Bonchev–Trinajstić information content (AvgIpc) is 2.34. The molecule has 0 atom stereocenters. The lowest BCUT2D eigenvalue weighted by molar-refractivity contribution is 1.10. The first-order valence-corrected chi connectivity index (χ1v) is 6.87. The molecule has 0 unspecified atom stereocenters. The number of aryl methyl sites for hydroxylation is 1. The normalized spacial score (nSPS) is 10.5. The molecule has 2 rings (SSSR count). The number of benzene rings is 1. The summed E-state index contributed by atoms with van der Waals surface area (Å²) in [6.07, 6.45) is 3.32. The highest BCUT2D eigenvalue weighted by molar-refractivity contribution is 7.97. The van der Waals surface area contributed by atoms with Crippen molar-refractivity contribution in [2.75, 3.05) is 0 Å². The first-order chi connectivity index (χ1) is 8.25. The van der Waals surface area contributed by atoms with Gasteiger partial charge in [-0.3, -0.25) is 4.98 Å². The van der Waals surface area contributed by atoms with Gasteiger partial charge in [-0.15, -0.1) is 0 Å². The van der Waals surface area contributed by atoms with Gasteiger partial charge in [0.15, 0.2) is 0 Å². The molecule has 4 heteroatoms. The van der Waals surface area contributed by atoms with Crippen LogP contribution in [0.3, 0.4) is 0 Å². The number of hydrogen-bond acceptors (Lipinski definition) is 3. The van der Waals surface area contributed by atoms with E-state index in [1.807, 2.05) is 11.8 Å². The molecule has 88 valence electrons. The number of hydrogen-bond donors (Lipinski definition) is 0. The largest absolute Gasteiger partial charge is 0.256 e. The van der Waals surface area contributed by atoms with E-state index < -0.39 is 0 Å². The highest BCUT2D eigenvalue weighted by Gasteiger charge is 1.99. The molecule has 17 heavy (non-hydrogen) atoms. The van der Waals surface area contributed by atoms with Gasteiger partial charge >= 0.3 is 0 Å². The zero-order valence-electron chi connectivity index (χ0n) is 9.56. The van der Waals surface area contributed by atoms with Crippen molar-refractivity contribution >= 4 is 23.4 Å². The van der Waals surface area contributed by atoms with Crippen LogP contribution in [0.2, 0.25) is 5.15 Å². The second-order valence-corrected chi connectivity index (χ2v) is 5.12. The molecule has 0 saturated carbocycles. The van der Waals surface area contributed by atoms with Crippen LogP contribution in [-0.4, -0.2) is 9.97 Å². The fourth-order valence-electron chi connectivity index (χ4n) is 1.45. The molecule has 0 aliphatic rings. The van der Waals surface area contributed by atoms with Crippen molar-refractivity contribution in [1.29, 1.82) is 0 Å². The van der Waals surface area contributed by atoms with E-state index in [1.165, 1.54) is 11.1 Å². The van der Waals surface area contributed by atoms with E-state index in [0.29, 0.717) is 5.15 Å². The quantitative estimate of drug-likeness (QED) is 0.838. The summed E-state index contributed by atoms with van der Waals surface area (Å²) in [6, 6.07) is 8.44. The molecule has 0 radical (unpaired) electrons. The van der Waals surface area contributed by atoms with Gasteiger partial charge in [0.2, 0.25) is 0 Å². The van der Waals surface area contributed by atoms with E-state index in [1.54, 1.807) is 12.4 Å². The minimum absolute atomic E-state index is 0.442. The third kappa shape index (κ3) is 3.72. The highest BCUT2D eigenvalue weighted by Crippen LogP contribution is 2.19. The monoisotopic (exact) mass is 264 g/mol. The lowest BCUT2D eigenvalue weighted by atomic mass is 10.1. The van der Waals surface area contributed by atoms with Crippen molar-refractivity contribution in [3.63, 3.8) is 0 Å². The van der Waals surface area contributed by atoms with Crippen LogP contribution in [0.5, 0.6) is 0 Å². The van der Waals surface area contributed by atoms with Crippen molar-refractivity contribution in [3.8, 4) is 0 Å². The first-order valence-electron chi connectivity index (χ1n) is 5.34. The Hall–Kier alpha value is -1.06. The Balaban J connectivity index is 1.88. The molecule has 0 bridgehead atoms. The number of thioether (sulfide) groups is 1. The second-order valence-electron chi connectivity index (χ2n) is 3.75. The fraction of sp³-hybridized carbons (Fsp3) is 0.231. The van der Waals surface area contributed by atoms with Crippen molar-refractivity contribution in [1.82, 2.24) is 9.97 Å². The zero-order valence-corrected chi connectivity index (χ0v) is 11.1. The van der Waals surface area contributed by atoms with Crippen LogP contribution >= 0.6 is 23.4 Å². The van der Waals surface area contributed by atoms with Crippen LogP contribution in [0.15, 0.2) is 36.7 Å². The van der Waals surface area contributed by atoms with Crippen LogP contribution < -0.4 is 0 Å². The maximum Gasteiger partial charge on any atom is 0.147 e. The molecule has 0 fully saturated rings. The molecule has 0 N–H and O–H groups in total. The summed E-state index contributed by atoms with van der Waals surface area (Å²) < 4.78 is 0. The molecule has 2 aromatic rings. The Morgan fingerprint density at radius 1 is 1.12 bits per heavy atom. The lowest BCUT2D eigenvalue weighted by Crippen LogP contribution is -1.90. The van der Waals surface area contributed by atoms with Crippen molar-refractivity contribution in [2.24, 2.45) is 0 Å². The summed E-state index contributed by atoms with van der Waals surface area (Å²) in [6.45, 7) is 2.14. The summed E-state index contributed by atoms with van der Waals surface area (Å²) >= 11 is 7.52. The maximum atomic E-state index is 5.68. The van der Waals surface area contributed by atoms with E-state index >= 15 is 0 Å². The molecule has 0 aliphatic heterocycles. The Morgan fingerprint density at radius 2 is 1.94 bits per heavy atom. The van der Waals surface area contributed by atoms with Crippen molar-refractivity contribution < 1.29 is 0 Å². The molecule has 0 saturated heterocycles. The minimum atomic E-state index is 0.442. The van der Waals surface area contributed by atoms with E-state index in [0.717, 1.165) is 17.2 Å². The first kappa shape index (κ1) is 12.4. The lowest BCUT2D eigenvalue weighted by Gasteiger charge is -2.04. The minimum Gasteiger partial charge on any atom is -0.256 e. The fourth-order valence-corrected chi connectivity index (χ4v) is 2.55. The zero-order chi connectivity index (χ0) is 12.1. The Kier molecular flexibility index (Phi) is 4.40. The van der Waals surface area contributed by atoms with Gasteiger partial charge in [-0.2, -0.15) is 11.8 Å². The molecular formula is C13H13ClN2S. The number of aromatic nitrogens is 2. The number of nitrogens with zero attached hydrogens (tertiary/aromatic N) is 2. The molecule has 1 aromatic heterocycles. The van der Waals surface area contributed by atoms with Gasteiger partial charge in [-0.1, -0.05) is 35.9 Å². The third-order valence-corrected chi connectivity index (χ3v) is 3.65. The highest BCUT2D eigenvalue weighted by atomic mass is 35.5. The second kappa shape index (κ2) is 6.03. The van der Waals surface area contributed by atoms with Gasteiger partial charge in [0.1, 0.15) is 5.15 Å². The summed E-state index contributed by atoms with van der Waals surface area (Å²) in [5.74, 6) is 1.86. The Labute approximate surface area is 110 Å². The van der Waals surface area contributed by atoms with Crippen LogP contribution in [-0.2, 0) is 11.5 Å². The summed E-state index contributed by atoms with van der Waals surface area (Å²) in [4.78, 5) is 8.23. The predicted octanol–water partition coefficient (Wildman–Crippen LogP) is 3.87. The molecule has 2 nitrogen and oxygen atoms in total. The number of halogens is 1. The van der Waals surface area contributed by atoms with Crippen molar-refractivity contribution in [3.05, 3.63) is 58.6 Å². The van der Waals surface area contributed by atoms with Crippen LogP contribution in [0.25, 0.3) is 0 Å². The van der Waals surface area contributed by atoms with Crippen LogP contribution in [0, 0.1) is 6.92 Å². The summed E-state index contributed by atoms with van der Waals surface area (Å²) in [5.41, 5.74) is 3.68. The molecule has 1 aromatic carbocycles. The van der Waals surface area contributed by atoms with Gasteiger partial charge in [0.05, 0.1) is 18.1 Å². The van der Waals surface area contributed by atoms with Gasteiger partial charge in [0, 0.05) is 11.5 Å². The third-order valence-electron chi connectivity index (χ3n) is 2.44. The summed E-state index contributed by atoms with van der Waals surface area (Å²) in [5, 5.41) is 0.442. The maximum absolute atomic E-state index is 5.68. The van der Waals surface area contributed by atoms with E-state index in [-0.39, 0.29) is 0 Å². The van der Waals surface area contributed by atoms with Gasteiger partial charge in [-0.25, -0.2) is 4.98 Å². The van der Waals surface area contributed by atoms with Crippen molar-refractivity contribution in [2.45, 2.75) is 18.4 Å². The molecule has 0 spiro atoms. The smallest absolute Gasteiger partial charge is 0.147 e. The standard InChI is InChI=1S/C13H13ClN2S/c1-10-4-2-3-5-11(10)8-17-9-12-6-16-13(14)7-15-12/h2-7H,8-9H2,1H3. The molecular weight excluding hydrogens is 252 g/mol. The topological polar surface area (TPSA) is 25.8 Å². The Morgan fingerprint density at radius 3 is 2.65 bits per heavy atom. The van der Waals surface area contributed by atoms with Crippen LogP contribution in [0.1, 0.15) is 16.8 Å². The van der Waals surface area contributed by atoms with E-state index in [9.17, 15) is 0 Å². The van der Waals surface area contributed by atoms with Gasteiger partial charge in [0.25, 0.3) is 0 Å². The van der Waals surface area contributed by atoms with Gasteiger partial charge < -0.3 is 0 Å². The Bertz CT molecular complexity index is 485. The molecule has 1 heterocycles. The van der Waals surface area contributed by atoms with Crippen LogP contribution in [0.4, 0.5) is 0 Å². The molecule has 0 aliphatic carbocycles. The van der Waals surface area contributed by atoms with Gasteiger partial charge in [-0.05, 0) is 18.1 Å². The van der Waals surface area contributed by atoms with E-state index in [2.05, 4.69) is 41.2 Å². The van der Waals surface area contributed by atoms with E-state index in [4.69, 9.17) is 11.6 Å². The SMILES string of the molecule is Cc1ccccc1CSCc1cnc(Cl)cn1. The molecule has 0 amide bonds.